The van der Waals surface area contributed by atoms with Crippen LogP contribution in [0.3, 0.4) is 0 Å². The van der Waals surface area contributed by atoms with Crippen molar-refractivity contribution >= 4 is 46.1 Å². The summed E-state index contributed by atoms with van der Waals surface area (Å²) in [4.78, 5) is 67.5. The van der Waals surface area contributed by atoms with Gasteiger partial charge in [0, 0.05) is 30.5 Å². The third-order valence-corrected chi connectivity index (χ3v) is 11.0. The molecule has 0 fully saturated rings. The lowest BCUT2D eigenvalue weighted by Crippen LogP contribution is -2.55. The number of carbonyl (C=O) groups is 5. The van der Waals surface area contributed by atoms with Gasteiger partial charge in [-0.3, -0.25) is 14.4 Å². The van der Waals surface area contributed by atoms with E-state index in [1.54, 1.807) is 0 Å². The first-order valence-electron chi connectivity index (χ1n) is 18.4. The summed E-state index contributed by atoms with van der Waals surface area (Å²) in [6.07, 6.45) is 0.0642. The molecular formula is C46H37N3O7. The molecule has 278 valence electrons. The van der Waals surface area contributed by atoms with Crippen molar-refractivity contribution in [3.63, 3.8) is 0 Å². The maximum atomic E-state index is 15.0. The first-order valence-corrected chi connectivity index (χ1v) is 18.4. The summed E-state index contributed by atoms with van der Waals surface area (Å²) >= 11 is 0. The average molecular weight is 744 g/mol. The van der Waals surface area contributed by atoms with Gasteiger partial charge in [0.15, 0.2) is 0 Å². The highest BCUT2D eigenvalue weighted by molar-refractivity contribution is 6.02. The first-order chi connectivity index (χ1) is 27.2. The lowest BCUT2D eigenvalue weighted by Gasteiger charge is -2.49. The number of fused-ring (bicyclic) bond motifs is 2. The van der Waals surface area contributed by atoms with E-state index in [9.17, 15) is 34.2 Å². The van der Waals surface area contributed by atoms with Crippen LogP contribution in [0, 0.1) is 11.8 Å². The average Bonchev–Trinajstić information content (AvgIpc) is 3.22. The number of hydrogen-bond donors (Lipinski definition) is 5. The van der Waals surface area contributed by atoms with Crippen molar-refractivity contribution in [2.45, 2.75) is 30.8 Å². The second-order valence-corrected chi connectivity index (χ2v) is 14.3. The minimum Gasteiger partial charge on any atom is -0.478 e. The molecule has 9 rings (SSSR count). The van der Waals surface area contributed by atoms with Crippen LogP contribution in [-0.4, -0.2) is 45.9 Å². The van der Waals surface area contributed by atoms with E-state index in [1.807, 2.05) is 121 Å². The van der Waals surface area contributed by atoms with Crippen molar-refractivity contribution in [3.8, 4) is 0 Å². The summed E-state index contributed by atoms with van der Waals surface area (Å²) in [6, 6.07) is 40.9. The van der Waals surface area contributed by atoms with Crippen LogP contribution in [0.2, 0.25) is 0 Å². The van der Waals surface area contributed by atoms with Gasteiger partial charge in [-0.2, -0.15) is 0 Å². The Kier molecular flexibility index (Phi) is 9.62. The fourth-order valence-electron chi connectivity index (χ4n) is 8.56. The Morgan fingerprint density at radius 2 is 1.09 bits per heavy atom. The molecule has 0 saturated carbocycles. The standard InChI is InChI=1S/C46H37N3O7/c50-42(48-31-23-29(45(53)54)22-30(24-31)46(55)56)37(21-26-11-2-1-3-12-26)49-44(52)41-39-35-19-8-6-17-33(35)38(34-18-7-9-20-36(34)39)40(41)43(51)47-25-28-15-10-14-27-13-4-5-16-32(27)28/h1-20,22-24,37-41H,21,25H2,(H,47,51)(H,48,50)(H,49,52)(H,53,54)(H,55,56)/t37-,38?,39?,40?,41?/m0/s1. The number of carboxylic acids is 2. The SMILES string of the molecule is O=C(O)c1cc(NC(=O)[C@H](Cc2ccccc2)NC(=O)C2C3c4ccccc4C(c4ccccc43)C2C(=O)NCc2cccc3ccccc23)cc(C(=O)O)c1. The number of hydrogen-bond acceptors (Lipinski definition) is 5. The van der Waals surface area contributed by atoms with Gasteiger partial charge < -0.3 is 26.2 Å². The van der Waals surface area contributed by atoms with E-state index in [0.29, 0.717) is 0 Å². The highest BCUT2D eigenvalue weighted by Gasteiger charge is 2.55. The number of anilines is 1. The minimum absolute atomic E-state index is 0.0510. The van der Waals surface area contributed by atoms with Crippen LogP contribution in [0.25, 0.3) is 10.8 Å². The molecule has 2 bridgehead atoms. The van der Waals surface area contributed by atoms with Gasteiger partial charge in [-0.15, -0.1) is 0 Å². The van der Waals surface area contributed by atoms with Crippen molar-refractivity contribution in [1.82, 2.24) is 10.6 Å². The number of carboxylic acid groups (broad SMARTS) is 2. The molecule has 6 aromatic carbocycles. The van der Waals surface area contributed by atoms with Crippen LogP contribution in [0.4, 0.5) is 5.69 Å². The lowest BCUT2D eigenvalue weighted by atomic mass is 9.53. The zero-order valence-corrected chi connectivity index (χ0v) is 30.0. The first kappa shape index (κ1) is 35.9. The summed E-state index contributed by atoms with van der Waals surface area (Å²) in [5.41, 5.74) is 4.85. The van der Waals surface area contributed by atoms with Gasteiger partial charge in [0.1, 0.15) is 6.04 Å². The van der Waals surface area contributed by atoms with Gasteiger partial charge in [-0.1, -0.05) is 121 Å². The van der Waals surface area contributed by atoms with Crippen molar-refractivity contribution in [2.75, 3.05) is 5.32 Å². The Morgan fingerprint density at radius 3 is 1.68 bits per heavy atom. The number of benzene rings is 6. The molecule has 0 aromatic heterocycles. The van der Waals surface area contributed by atoms with E-state index in [1.165, 1.54) is 12.1 Å². The largest absolute Gasteiger partial charge is 0.478 e. The van der Waals surface area contributed by atoms with E-state index in [2.05, 4.69) is 16.0 Å². The van der Waals surface area contributed by atoms with Crippen molar-refractivity contribution in [1.29, 1.82) is 0 Å². The van der Waals surface area contributed by atoms with Gasteiger partial charge in [-0.05, 0) is 62.4 Å². The van der Waals surface area contributed by atoms with E-state index >= 15 is 0 Å². The quantitative estimate of drug-likeness (QED) is 0.0982. The summed E-state index contributed by atoms with van der Waals surface area (Å²) in [7, 11) is 0. The van der Waals surface area contributed by atoms with Crippen molar-refractivity contribution in [3.05, 3.63) is 184 Å². The number of nitrogens with one attached hydrogen (secondary N) is 3. The van der Waals surface area contributed by atoms with E-state index in [-0.39, 0.29) is 35.7 Å². The van der Waals surface area contributed by atoms with E-state index in [4.69, 9.17) is 0 Å². The van der Waals surface area contributed by atoms with Crippen LogP contribution >= 0.6 is 0 Å². The maximum Gasteiger partial charge on any atom is 0.335 e. The molecule has 5 N–H and O–H groups in total. The second kappa shape index (κ2) is 15.0. The van der Waals surface area contributed by atoms with Gasteiger partial charge in [0.2, 0.25) is 17.7 Å². The Labute approximate surface area is 322 Å². The molecule has 56 heavy (non-hydrogen) atoms. The molecule has 0 radical (unpaired) electrons. The number of amides is 3. The van der Waals surface area contributed by atoms with Gasteiger partial charge >= 0.3 is 11.9 Å². The van der Waals surface area contributed by atoms with E-state index in [0.717, 1.165) is 50.2 Å². The Hall–Kier alpha value is -7.07. The van der Waals surface area contributed by atoms with E-state index < -0.39 is 53.5 Å². The predicted molar refractivity (Wildman–Crippen MR) is 210 cm³/mol. The summed E-state index contributed by atoms with van der Waals surface area (Å²) in [5, 5.41) is 30.2. The van der Waals surface area contributed by atoms with Crippen molar-refractivity contribution in [2.24, 2.45) is 11.8 Å². The zero-order valence-electron chi connectivity index (χ0n) is 30.0. The Morgan fingerprint density at radius 1 is 0.571 bits per heavy atom. The fourth-order valence-corrected chi connectivity index (χ4v) is 8.56. The monoisotopic (exact) mass is 743 g/mol. The lowest BCUT2D eigenvalue weighted by molar-refractivity contribution is -0.138. The Balaban J connectivity index is 1.16. The highest BCUT2D eigenvalue weighted by Crippen LogP contribution is 2.58. The number of rotatable bonds is 11. The molecule has 2 unspecified atom stereocenters. The Bertz CT molecular complexity index is 2450. The molecule has 6 aromatic rings. The summed E-state index contributed by atoms with van der Waals surface area (Å²) in [6.45, 7) is 0.248. The normalized spacial score (nSPS) is 18.2. The molecule has 10 nitrogen and oxygen atoms in total. The maximum absolute atomic E-state index is 15.0. The molecule has 3 atom stereocenters. The predicted octanol–water partition coefficient (Wildman–Crippen LogP) is 6.74. The zero-order chi connectivity index (χ0) is 38.9. The molecule has 3 aliphatic rings. The molecule has 0 heterocycles. The van der Waals surface area contributed by atoms with Crippen LogP contribution in [-0.2, 0) is 27.3 Å². The van der Waals surface area contributed by atoms with Crippen LogP contribution in [0.15, 0.2) is 140 Å². The number of carbonyl (C=O) groups excluding carboxylic acids is 3. The molecule has 10 heteroatoms. The van der Waals surface area contributed by atoms with Gasteiger partial charge in [0.25, 0.3) is 0 Å². The van der Waals surface area contributed by atoms with Gasteiger partial charge in [-0.25, -0.2) is 9.59 Å². The highest BCUT2D eigenvalue weighted by atomic mass is 16.4. The van der Waals surface area contributed by atoms with Crippen LogP contribution in [0.5, 0.6) is 0 Å². The second-order valence-electron chi connectivity index (χ2n) is 14.3. The smallest absolute Gasteiger partial charge is 0.335 e. The molecular weight excluding hydrogens is 707 g/mol. The van der Waals surface area contributed by atoms with Crippen molar-refractivity contribution < 1.29 is 34.2 Å². The number of aromatic carboxylic acids is 2. The van der Waals surface area contributed by atoms with Crippen LogP contribution < -0.4 is 16.0 Å². The summed E-state index contributed by atoms with van der Waals surface area (Å²) < 4.78 is 0. The molecule has 0 spiro atoms. The molecule has 0 aliphatic heterocycles. The molecule has 0 saturated heterocycles. The third kappa shape index (κ3) is 6.77. The minimum atomic E-state index is -1.37. The molecule has 3 aliphatic carbocycles. The fraction of sp³-hybridized carbons (Fsp3) is 0.152. The third-order valence-electron chi connectivity index (χ3n) is 11.0. The molecule has 3 amide bonds. The topological polar surface area (TPSA) is 162 Å². The van der Waals surface area contributed by atoms with Crippen LogP contribution in [0.1, 0.15) is 65.9 Å². The van der Waals surface area contributed by atoms with Gasteiger partial charge in [0.05, 0.1) is 23.0 Å². The summed E-state index contributed by atoms with van der Waals surface area (Å²) in [5.74, 6) is -6.85.